The third-order valence-electron chi connectivity index (χ3n) is 3.51. The molecule has 1 unspecified atom stereocenters. The molecule has 3 rings (SSSR count). The van der Waals surface area contributed by atoms with Gasteiger partial charge in [0.15, 0.2) is 5.82 Å². The van der Waals surface area contributed by atoms with Crippen LogP contribution in [0.3, 0.4) is 0 Å². The lowest BCUT2D eigenvalue weighted by Crippen LogP contribution is -2.38. The van der Waals surface area contributed by atoms with Gasteiger partial charge >= 0.3 is 0 Å². The number of hydrogen-bond donors (Lipinski definition) is 2. The minimum absolute atomic E-state index is 0.458. The number of piperidine rings is 1. The summed E-state index contributed by atoms with van der Waals surface area (Å²) in [7, 11) is 0. The molecule has 1 atom stereocenters. The summed E-state index contributed by atoms with van der Waals surface area (Å²) in [5.74, 6) is 0.907. The number of nitrogens with zero attached hydrogens (tertiary/aromatic N) is 2. The van der Waals surface area contributed by atoms with Crippen LogP contribution in [0.2, 0.25) is 0 Å². The fraction of sp³-hybridized carbons (Fsp3) is 0.429. The maximum atomic E-state index is 4.31. The molecule has 1 aromatic carbocycles. The van der Waals surface area contributed by atoms with E-state index in [-0.39, 0.29) is 0 Å². The predicted octanol–water partition coefficient (Wildman–Crippen LogP) is 2.10. The van der Waals surface area contributed by atoms with Crippen LogP contribution in [0.4, 0.5) is 5.82 Å². The van der Waals surface area contributed by atoms with E-state index in [0.29, 0.717) is 6.04 Å². The van der Waals surface area contributed by atoms with Crippen molar-refractivity contribution in [1.82, 2.24) is 15.5 Å². The highest BCUT2D eigenvalue weighted by Crippen LogP contribution is 2.23. The molecule has 18 heavy (non-hydrogen) atoms. The second-order valence-electron chi connectivity index (χ2n) is 4.87. The minimum Gasteiger partial charge on any atom is -0.364 e. The van der Waals surface area contributed by atoms with E-state index in [9.17, 15) is 0 Å². The predicted molar refractivity (Wildman–Crippen MR) is 73.8 cm³/mol. The van der Waals surface area contributed by atoms with Gasteiger partial charge in [-0.1, -0.05) is 24.3 Å². The summed E-state index contributed by atoms with van der Waals surface area (Å²) < 4.78 is 0. The van der Waals surface area contributed by atoms with E-state index in [1.165, 1.54) is 18.2 Å². The largest absolute Gasteiger partial charge is 0.364 e. The first-order chi connectivity index (χ1) is 8.84. The maximum Gasteiger partial charge on any atom is 0.156 e. The Kier molecular flexibility index (Phi) is 3.11. The summed E-state index contributed by atoms with van der Waals surface area (Å²) in [6.07, 6.45) is 2.41. The monoisotopic (exact) mass is 242 g/mol. The number of aromatic nitrogens is 2. The highest BCUT2D eigenvalue weighted by molar-refractivity contribution is 5.92. The van der Waals surface area contributed by atoms with Crippen LogP contribution in [-0.2, 0) is 0 Å². The van der Waals surface area contributed by atoms with Crippen LogP contribution in [0, 0.1) is 6.92 Å². The highest BCUT2D eigenvalue weighted by atomic mass is 15.2. The molecule has 0 radical (unpaired) electrons. The molecule has 0 aliphatic carbocycles. The molecule has 4 nitrogen and oxygen atoms in total. The first-order valence-electron chi connectivity index (χ1n) is 6.54. The lowest BCUT2D eigenvalue weighted by atomic mass is 10.1. The lowest BCUT2D eigenvalue weighted by molar-refractivity contribution is 0.479. The Balaban J connectivity index is 1.94. The fourth-order valence-corrected chi connectivity index (χ4v) is 2.51. The van der Waals surface area contributed by atoms with E-state index in [2.05, 4.69) is 33.0 Å². The quantitative estimate of drug-likeness (QED) is 0.846. The van der Waals surface area contributed by atoms with E-state index < -0.39 is 0 Å². The molecule has 2 N–H and O–H groups in total. The number of rotatable bonds is 2. The van der Waals surface area contributed by atoms with Crippen LogP contribution < -0.4 is 10.6 Å². The van der Waals surface area contributed by atoms with Crippen molar-refractivity contribution in [3.05, 3.63) is 30.0 Å². The molecule has 1 aliphatic rings. The van der Waals surface area contributed by atoms with Crippen LogP contribution in [0.1, 0.15) is 18.5 Å². The summed E-state index contributed by atoms with van der Waals surface area (Å²) in [6, 6.07) is 8.76. The van der Waals surface area contributed by atoms with Gasteiger partial charge in [0.1, 0.15) is 0 Å². The van der Waals surface area contributed by atoms with Gasteiger partial charge in [-0.25, -0.2) is 0 Å². The van der Waals surface area contributed by atoms with Crippen LogP contribution in [-0.4, -0.2) is 29.3 Å². The standard InChI is InChI=1S/C14H18N4/c1-10-12-6-2-3-7-13(12)14(18-17-10)16-11-5-4-8-15-9-11/h2-3,6-7,11,15H,4-5,8-9H2,1H3,(H,16,18). The van der Waals surface area contributed by atoms with Gasteiger partial charge in [0.05, 0.1) is 5.69 Å². The van der Waals surface area contributed by atoms with E-state index >= 15 is 0 Å². The Morgan fingerprint density at radius 2 is 2.06 bits per heavy atom. The number of nitrogens with one attached hydrogen (secondary N) is 2. The first-order valence-corrected chi connectivity index (χ1v) is 6.54. The zero-order valence-electron chi connectivity index (χ0n) is 10.6. The Bertz CT molecular complexity index is 546. The summed E-state index contributed by atoms with van der Waals surface area (Å²) >= 11 is 0. The number of hydrogen-bond acceptors (Lipinski definition) is 4. The molecule has 1 saturated heterocycles. The van der Waals surface area contributed by atoms with Crippen molar-refractivity contribution in [2.75, 3.05) is 18.4 Å². The van der Waals surface area contributed by atoms with Gasteiger partial charge in [0.2, 0.25) is 0 Å². The Labute approximate surface area is 107 Å². The van der Waals surface area contributed by atoms with Crippen LogP contribution in [0.15, 0.2) is 24.3 Å². The van der Waals surface area contributed by atoms with Crippen LogP contribution >= 0.6 is 0 Å². The zero-order valence-corrected chi connectivity index (χ0v) is 10.6. The van der Waals surface area contributed by atoms with Crippen molar-refractivity contribution >= 4 is 16.6 Å². The topological polar surface area (TPSA) is 49.8 Å². The number of benzene rings is 1. The number of anilines is 1. The molecule has 1 aliphatic heterocycles. The molecule has 0 saturated carbocycles. The summed E-state index contributed by atoms with van der Waals surface area (Å²) in [5.41, 5.74) is 0.984. The summed E-state index contributed by atoms with van der Waals surface area (Å²) in [4.78, 5) is 0. The molecule has 0 spiro atoms. The van der Waals surface area contributed by atoms with E-state index in [0.717, 1.165) is 30.0 Å². The Hall–Kier alpha value is -1.68. The molecule has 4 heteroatoms. The molecule has 1 fully saturated rings. The summed E-state index contributed by atoms with van der Waals surface area (Å²) in [6.45, 7) is 4.13. The maximum absolute atomic E-state index is 4.31. The molecule has 94 valence electrons. The van der Waals surface area contributed by atoms with Crippen molar-refractivity contribution in [2.24, 2.45) is 0 Å². The van der Waals surface area contributed by atoms with Gasteiger partial charge in [0.25, 0.3) is 0 Å². The van der Waals surface area contributed by atoms with E-state index in [4.69, 9.17) is 0 Å². The van der Waals surface area contributed by atoms with Crippen molar-refractivity contribution in [3.8, 4) is 0 Å². The van der Waals surface area contributed by atoms with Gasteiger partial charge in [-0.3, -0.25) is 0 Å². The van der Waals surface area contributed by atoms with Crippen molar-refractivity contribution in [3.63, 3.8) is 0 Å². The third kappa shape index (κ3) is 2.16. The SMILES string of the molecule is Cc1nnc(NC2CCCNC2)c2ccccc12. The van der Waals surface area contributed by atoms with Crippen molar-refractivity contribution < 1.29 is 0 Å². The number of aryl methyl sites for hydroxylation is 1. The normalized spacial score (nSPS) is 19.9. The molecule has 2 aromatic rings. The highest BCUT2D eigenvalue weighted by Gasteiger charge is 2.15. The van der Waals surface area contributed by atoms with Gasteiger partial charge < -0.3 is 10.6 Å². The summed E-state index contributed by atoms with van der Waals surface area (Å²) in [5, 5.41) is 17.8. The van der Waals surface area contributed by atoms with Gasteiger partial charge in [-0.2, -0.15) is 5.10 Å². The third-order valence-corrected chi connectivity index (χ3v) is 3.51. The smallest absolute Gasteiger partial charge is 0.156 e. The molecule has 0 amide bonds. The average molecular weight is 242 g/mol. The average Bonchev–Trinajstić information content (AvgIpc) is 2.44. The first kappa shape index (κ1) is 11.4. The molecule has 0 bridgehead atoms. The second kappa shape index (κ2) is 4.90. The van der Waals surface area contributed by atoms with E-state index in [1.807, 2.05) is 19.1 Å². The van der Waals surface area contributed by atoms with Crippen LogP contribution in [0.25, 0.3) is 10.8 Å². The minimum atomic E-state index is 0.458. The Morgan fingerprint density at radius 3 is 2.83 bits per heavy atom. The van der Waals surface area contributed by atoms with Gasteiger partial charge in [-0.15, -0.1) is 5.10 Å². The van der Waals surface area contributed by atoms with Gasteiger partial charge in [0, 0.05) is 23.4 Å². The van der Waals surface area contributed by atoms with Gasteiger partial charge in [-0.05, 0) is 26.3 Å². The molecular formula is C14H18N4. The van der Waals surface area contributed by atoms with Crippen molar-refractivity contribution in [1.29, 1.82) is 0 Å². The van der Waals surface area contributed by atoms with Crippen molar-refractivity contribution in [2.45, 2.75) is 25.8 Å². The fourth-order valence-electron chi connectivity index (χ4n) is 2.51. The molecule has 1 aromatic heterocycles. The molecular weight excluding hydrogens is 224 g/mol. The zero-order chi connectivity index (χ0) is 12.4. The van der Waals surface area contributed by atoms with E-state index in [1.54, 1.807) is 0 Å². The Morgan fingerprint density at radius 1 is 1.22 bits per heavy atom. The second-order valence-corrected chi connectivity index (χ2v) is 4.87. The molecule has 2 heterocycles. The lowest BCUT2D eigenvalue weighted by Gasteiger charge is -2.24. The van der Waals surface area contributed by atoms with Crippen LogP contribution in [0.5, 0.6) is 0 Å². The number of fused-ring (bicyclic) bond motifs is 1.